The van der Waals surface area contributed by atoms with Crippen molar-refractivity contribution in [3.63, 3.8) is 0 Å². The predicted molar refractivity (Wildman–Crippen MR) is 114 cm³/mol. The lowest BCUT2D eigenvalue weighted by atomic mass is 10.1. The van der Waals surface area contributed by atoms with Gasteiger partial charge >= 0.3 is 0 Å². The van der Waals surface area contributed by atoms with E-state index in [0.29, 0.717) is 36.2 Å². The number of ether oxygens (including phenoxy) is 1. The molecule has 2 aromatic rings. The van der Waals surface area contributed by atoms with Gasteiger partial charge in [0.15, 0.2) is 0 Å². The van der Waals surface area contributed by atoms with Gasteiger partial charge in [0.05, 0.1) is 23.2 Å². The number of rotatable bonds is 8. The number of halogens is 1. The van der Waals surface area contributed by atoms with Crippen LogP contribution in [0.3, 0.4) is 0 Å². The van der Waals surface area contributed by atoms with Gasteiger partial charge in [0, 0.05) is 38.1 Å². The molecule has 10 nitrogen and oxygen atoms in total. The van der Waals surface area contributed by atoms with Crippen LogP contribution in [0.15, 0.2) is 18.1 Å². The van der Waals surface area contributed by atoms with Crippen molar-refractivity contribution in [2.24, 2.45) is 0 Å². The van der Waals surface area contributed by atoms with E-state index >= 15 is 0 Å². The molecule has 3 heterocycles. The van der Waals surface area contributed by atoms with Gasteiger partial charge in [0.2, 0.25) is 17.7 Å². The number of carbonyl (C=O) groups excluding carboxylic acids is 1. The van der Waals surface area contributed by atoms with Crippen LogP contribution in [-0.2, 0) is 4.79 Å². The van der Waals surface area contributed by atoms with Crippen LogP contribution in [0.5, 0.6) is 5.88 Å². The Morgan fingerprint density at radius 2 is 2.32 bits per heavy atom. The number of fused-ring (bicyclic) bond motifs is 1. The van der Waals surface area contributed by atoms with E-state index in [9.17, 15) is 14.4 Å². The normalized spacial score (nSPS) is 19.0. The number of aromatic nitrogens is 3. The molecule has 0 unspecified atom stereocenters. The van der Waals surface area contributed by atoms with E-state index in [0.717, 1.165) is 6.21 Å². The standard InChI is InChI=1S/C20H25FN8O2/c1-3-16(30)29-6-5-14(21)15(11-29)31-19-17-12(7-22)9-25-18(17)27-20(28-19)26-13(8-23)10-24-4-2/h8-10,14-15,23-24H,3-6,11H2,1-2H3,(H2,25,26,27,28)/b13-10+,23-8?/t14-,15-/m1/s1. The molecule has 1 amide bonds. The molecule has 2 aromatic heterocycles. The molecular weight excluding hydrogens is 403 g/mol. The van der Waals surface area contributed by atoms with Crippen LogP contribution < -0.4 is 15.4 Å². The van der Waals surface area contributed by atoms with Gasteiger partial charge in [-0.1, -0.05) is 6.92 Å². The summed E-state index contributed by atoms with van der Waals surface area (Å²) in [6.45, 7) is 4.78. The molecule has 11 heteroatoms. The zero-order valence-electron chi connectivity index (χ0n) is 17.4. The van der Waals surface area contributed by atoms with Crippen LogP contribution in [0.4, 0.5) is 10.3 Å². The number of H-pyrrole nitrogens is 1. The van der Waals surface area contributed by atoms with Crippen molar-refractivity contribution in [3.8, 4) is 11.9 Å². The molecule has 2 atom stereocenters. The minimum Gasteiger partial charge on any atom is -0.469 e. The monoisotopic (exact) mass is 428 g/mol. The summed E-state index contributed by atoms with van der Waals surface area (Å²) in [4.78, 5) is 25.2. The fourth-order valence-electron chi connectivity index (χ4n) is 3.28. The number of hydrogen-bond acceptors (Lipinski definition) is 8. The van der Waals surface area contributed by atoms with E-state index in [2.05, 4.69) is 25.6 Å². The molecule has 0 bridgehead atoms. The number of piperidine rings is 1. The topological polar surface area (TPSA) is 143 Å². The third-order valence-electron chi connectivity index (χ3n) is 4.89. The van der Waals surface area contributed by atoms with E-state index in [4.69, 9.17) is 10.1 Å². The number of amides is 1. The van der Waals surface area contributed by atoms with Crippen LogP contribution in [0.1, 0.15) is 32.3 Å². The number of allylic oxidation sites excluding steroid dienone is 1. The second-order valence-corrected chi connectivity index (χ2v) is 6.97. The molecular formula is C20H25FN8O2. The number of anilines is 1. The quantitative estimate of drug-likeness (QED) is 0.471. The van der Waals surface area contributed by atoms with Gasteiger partial charge < -0.3 is 30.7 Å². The summed E-state index contributed by atoms with van der Waals surface area (Å²) in [7, 11) is 0. The van der Waals surface area contributed by atoms with E-state index in [-0.39, 0.29) is 36.3 Å². The van der Waals surface area contributed by atoms with Gasteiger partial charge in [-0.2, -0.15) is 15.2 Å². The number of nitrogens with zero attached hydrogens (tertiary/aromatic N) is 4. The maximum Gasteiger partial charge on any atom is 0.232 e. The minimum absolute atomic E-state index is 0.0385. The molecule has 164 valence electrons. The van der Waals surface area contributed by atoms with Crippen molar-refractivity contribution in [3.05, 3.63) is 23.7 Å². The highest BCUT2D eigenvalue weighted by atomic mass is 19.1. The van der Waals surface area contributed by atoms with Crippen LogP contribution in [0.25, 0.3) is 11.0 Å². The molecule has 1 fully saturated rings. The Morgan fingerprint density at radius 3 is 3.00 bits per heavy atom. The minimum atomic E-state index is -1.28. The number of hydrogen-bond donors (Lipinski definition) is 4. The van der Waals surface area contributed by atoms with Gasteiger partial charge in [0.25, 0.3) is 0 Å². The molecule has 1 aliphatic heterocycles. The Labute approximate surface area is 179 Å². The largest absolute Gasteiger partial charge is 0.469 e. The van der Waals surface area contributed by atoms with Gasteiger partial charge in [-0.25, -0.2) is 4.39 Å². The van der Waals surface area contributed by atoms with Crippen molar-refractivity contribution in [1.29, 1.82) is 10.7 Å². The van der Waals surface area contributed by atoms with Crippen molar-refractivity contribution < 1.29 is 13.9 Å². The molecule has 0 aromatic carbocycles. The molecule has 0 radical (unpaired) electrons. The molecule has 0 aliphatic carbocycles. The van der Waals surface area contributed by atoms with Gasteiger partial charge in [0.1, 0.15) is 24.0 Å². The lowest BCUT2D eigenvalue weighted by Crippen LogP contribution is -2.50. The fourth-order valence-corrected chi connectivity index (χ4v) is 3.28. The van der Waals surface area contributed by atoms with Crippen LogP contribution in [0, 0.1) is 16.7 Å². The molecule has 0 saturated carbocycles. The summed E-state index contributed by atoms with van der Waals surface area (Å²) in [5.41, 5.74) is 1.00. The number of alkyl halides is 1. The maximum absolute atomic E-state index is 14.6. The second-order valence-electron chi connectivity index (χ2n) is 6.97. The average molecular weight is 428 g/mol. The highest BCUT2D eigenvalue weighted by molar-refractivity contribution is 5.89. The van der Waals surface area contributed by atoms with Crippen LogP contribution >= 0.6 is 0 Å². The summed E-state index contributed by atoms with van der Waals surface area (Å²) in [6.07, 6.45) is 2.47. The summed E-state index contributed by atoms with van der Waals surface area (Å²) in [5.74, 6) is 0.0879. The van der Waals surface area contributed by atoms with Crippen LogP contribution in [0.2, 0.25) is 0 Å². The number of nitrogens with one attached hydrogen (secondary N) is 4. The molecule has 4 N–H and O–H groups in total. The third-order valence-corrected chi connectivity index (χ3v) is 4.89. The maximum atomic E-state index is 14.6. The first-order valence-electron chi connectivity index (χ1n) is 10.1. The van der Waals surface area contributed by atoms with Crippen molar-refractivity contribution in [1.82, 2.24) is 25.2 Å². The molecule has 3 rings (SSSR count). The number of nitriles is 1. The molecule has 1 aliphatic rings. The zero-order valence-corrected chi connectivity index (χ0v) is 17.4. The summed E-state index contributed by atoms with van der Waals surface area (Å²) >= 11 is 0. The summed E-state index contributed by atoms with van der Waals surface area (Å²) in [6, 6.07) is 2.05. The van der Waals surface area contributed by atoms with Crippen LogP contribution in [-0.4, -0.2) is 63.9 Å². The first-order chi connectivity index (χ1) is 15.0. The van der Waals surface area contributed by atoms with Gasteiger partial charge in [-0.3, -0.25) is 4.79 Å². The second kappa shape index (κ2) is 9.88. The third kappa shape index (κ3) is 4.91. The van der Waals surface area contributed by atoms with E-state index in [1.165, 1.54) is 6.20 Å². The molecule has 1 saturated heterocycles. The Kier molecular flexibility index (Phi) is 7.02. The first-order valence-corrected chi connectivity index (χ1v) is 10.1. The highest BCUT2D eigenvalue weighted by Crippen LogP contribution is 2.30. The lowest BCUT2D eigenvalue weighted by molar-refractivity contribution is -0.135. The number of aromatic amines is 1. The Balaban J connectivity index is 1.95. The van der Waals surface area contributed by atoms with Crippen molar-refractivity contribution >= 4 is 29.1 Å². The Hall–Kier alpha value is -3.68. The average Bonchev–Trinajstić information content (AvgIpc) is 3.20. The number of likely N-dealkylation sites (tertiary alicyclic amines) is 1. The fraction of sp³-hybridized carbons (Fsp3) is 0.450. The highest BCUT2D eigenvalue weighted by Gasteiger charge is 2.33. The van der Waals surface area contributed by atoms with E-state index in [1.807, 2.05) is 13.0 Å². The summed E-state index contributed by atoms with van der Waals surface area (Å²) in [5, 5.41) is 23.2. The first kappa shape index (κ1) is 22.0. The SMILES string of the molecule is CCN/C=C(\C=N)Nc1nc(O[C@@H]2CN(C(=O)CC)CC[C@H]2F)c2c(C#N)c[nH]c2n1. The van der Waals surface area contributed by atoms with Gasteiger partial charge in [-0.15, -0.1) is 0 Å². The number of carbonyl (C=O) groups is 1. The molecule has 31 heavy (non-hydrogen) atoms. The Bertz CT molecular complexity index is 1030. The molecule has 0 spiro atoms. The van der Waals surface area contributed by atoms with E-state index < -0.39 is 12.3 Å². The van der Waals surface area contributed by atoms with Gasteiger partial charge in [-0.05, 0) is 13.3 Å². The van der Waals surface area contributed by atoms with E-state index in [1.54, 1.807) is 18.0 Å². The lowest BCUT2D eigenvalue weighted by Gasteiger charge is -2.34. The van der Waals surface area contributed by atoms with Crippen molar-refractivity contribution in [2.75, 3.05) is 25.0 Å². The Morgan fingerprint density at radius 1 is 1.52 bits per heavy atom. The van der Waals surface area contributed by atoms with Crippen molar-refractivity contribution in [2.45, 2.75) is 39.0 Å². The predicted octanol–water partition coefficient (Wildman–Crippen LogP) is 2.07. The summed E-state index contributed by atoms with van der Waals surface area (Å²) < 4.78 is 20.6. The smallest absolute Gasteiger partial charge is 0.232 e. The zero-order chi connectivity index (χ0) is 22.4.